The summed E-state index contributed by atoms with van der Waals surface area (Å²) in [4.78, 5) is 4.33. The average Bonchev–Trinajstić information content (AvgIpc) is 2.48. The third-order valence-electron chi connectivity index (χ3n) is 3.61. The standard InChI is InChI=1S/C18H25N2Si/c1-19(2)17-9-5-7-15(11-17)13-21-14-16-8-6-10-18(12-16)20(3)4/h5-12,21H,13-14H2,1-4H3. The highest BCUT2D eigenvalue weighted by Crippen LogP contribution is 2.15. The Balaban J connectivity index is 1.92. The van der Waals surface area contributed by atoms with Crippen molar-refractivity contribution in [1.82, 2.24) is 0 Å². The second-order valence-corrected chi connectivity index (χ2v) is 7.22. The van der Waals surface area contributed by atoms with E-state index in [1.54, 1.807) is 0 Å². The van der Waals surface area contributed by atoms with Gasteiger partial charge < -0.3 is 9.80 Å². The maximum Gasteiger partial charge on any atom is 0.0379 e. The van der Waals surface area contributed by atoms with E-state index in [4.69, 9.17) is 0 Å². The molecule has 0 spiro atoms. The molecule has 2 nitrogen and oxygen atoms in total. The van der Waals surface area contributed by atoms with Crippen molar-refractivity contribution >= 4 is 20.9 Å². The number of hydrogen-bond donors (Lipinski definition) is 0. The molecule has 0 aliphatic carbocycles. The van der Waals surface area contributed by atoms with Crippen LogP contribution in [0.1, 0.15) is 11.1 Å². The molecule has 0 atom stereocenters. The van der Waals surface area contributed by atoms with Gasteiger partial charge in [0.1, 0.15) is 0 Å². The van der Waals surface area contributed by atoms with E-state index in [-0.39, 0.29) is 0 Å². The van der Waals surface area contributed by atoms with Crippen molar-refractivity contribution in [3.8, 4) is 0 Å². The second kappa shape index (κ2) is 7.32. The number of anilines is 2. The fourth-order valence-electron chi connectivity index (χ4n) is 2.33. The molecule has 0 unspecified atom stereocenters. The zero-order valence-corrected chi connectivity index (χ0v) is 14.7. The van der Waals surface area contributed by atoms with E-state index in [0.717, 1.165) is 0 Å². The van der Waals surface area contributed by atoms with Crippen molar-refractivity contribution in [2.45, 2.75) is 12.1 Å². The maximum atomic E-state index is 2.31. The number of benzene rings is 2. The molecule has 0 saturated heterocycles. The molecule has 0 aliphatic rings. The van der Waals surface area contributed by atoms with Gasteiger partial charge in [-0.2, -0.15) is 0 Å². The summed E-state index contributed by atoms with van der Waals surface area (Å²) < 4.78 is 0. The molecule has 2 aromatic rings. The van der Waals surface area contributed by atoms with Gasteiger partial charge in [0.05, 0.1) is 0 Å². The lowest BCUT2D eigenvalue weighted by molar-refractivity contribution is 1.12. The summed E-state index contributed by atoms with van der Waals surface area (Å²) in [7, 11) is 8.80. The first-order chi connectivity index (χ1) is 10.1. The highest BCUT2D eigenvalue weighted by atomic mass is 28.2. The SMILES string of the molecule is CN(C)c1cccc(C[SiH]Cc2cccc(N(C)C)c2)c1. The molecule has 0 heterocycles. The largest absolute Gasteiger partial charge is 0.378 e. The Kier molecular flexibility index (Phi) is 5.45. The van der Waals surface area contributed by atoms with Gasteiger partial charge in [-0.1, -0.05) is 24.3 Å². The van der Waals surface area contributed by atoms with Crippen LogP contribution in [0.2, 0.25) is 0 Å². The van der Waals surface area contributed by atoms with Crippen LogP contribution in [0.3, 0.4) is 0 Å². The first kappa shape index (κ1) is 15.6. The zero-order valence-electron chi connectivity index (χ0n) is 13.5. The van der Waals surface area contributed by atoms with Gasteiger partial charge in [-0.15, -0.1) is 0 Å². The first-order valence-electron chi connectivity index (χ1n) is 7.40. The van der Waals surface area contributed by atoms with Crippen LogP contribution < -0.4 is 9.80 Å². The summed E-state index contributed by atoms with van der Waals surface area (Å²) in [5.41, 5.74) is 5.50. The molecule has 0 aliphatic heterocycles. The van der Waals surface area contributed by atoms with Gasteiger partial charge >= 0.3 is 0 Å². The second-order valence-electron chi connectivity index (χ2n) is 5.83. The summed E-state index contributed by atoms with van der Waals surface area (Å²) in [5, 5.41) is 0. The van der Waals surface area contributed by atoms with E-state index in [1.807, 2.05) is 0 Å². The van der Waals surface area contributed by atoms with E-state index in [1.165, 1.54) is 34.6 Å². The molecule has 3 heteroatoms. The van der Waals surface area contributed by atoms with Crippen LogP contribution in [0.25, 0.3) is 0 Å². The molecule has 0 N–H and O–H groups in total. The smallest absolute Gasteiger partial charge is 0.0379 e. The Bertz CT molecular complexity index is 527. The molecular weight excluding hydrogens is 272 g/mol. The van der Waals surface area contributed by atoms with Crippen LogP contribution in [-0.4, -0.2) is 37.7 Å². The lowest BCUT2D eigenvalue weighted by Gasteiger charge is -2.14. The van der Waals surface area contributed by atoms with Gasteiger partial charge in [0.15, 0.2) is 0 Å². The topological polar surface area (TPSA) is 6.48 Å². The third kappa shape index (κ3) is 4.64. The molecule has 0 bridgehead atoms. The molecule has 1 radical (unpaired) electrons. The first-order valence-corrected chi connectivity index (χ1v) is 9.04. The third-order valence-corrected chi connectivity index (χ3v) is 5.13. The van der Waals surface area contributed by atoms with E-state index in [0.29, 0.717) is 9.52 Å². The quantitative estimate of drug-likeness (QED) is 0.756. The Morgan fingerprint density at radius 3 is 1.52 bits per heavy atom. The van der Waals surface area contributed by atoms with Crippen molar-refractivity contribution in [1.29, 1.82) is 0 Å². The minimum absolute atomic E-state index is 0.413. The van der Waals surface area contributed by atoms with Gasteiger partial charge in [0, 0.05) is 49.1 Å². The van der Waals surface area contributed by atoms with Gasteiger partial charge in [-0.05, 0) is 47.5 Å². The average molecular weight is 297 g/mol. The number of nitrogens with zero attached hydrogens (tertiary/aromatic N) is 2. The van der Waals surface area contributed by atoms with Crippen molar-refractivity contribution < 1.29 is 0 Å². The maximum absolute atomic E-state index is 2.31. The Labute approximate surface area is 131 Å². The Hall–Kier alpha value is -1.74. The Morgan fingerprint density at radius 1 is 0.714 bits per heavy atom. The summed E-state index contributed by atoms with van der Waals surface area (Å²) >= 11 is 0. The van der Waals surface area contributed by atoms with Crippen LogP contribution >= 0.6 is 0 Å². The molecule has 0 saturated carbocycles. The highest BCUT2D eigenvalue weighted by Gasteiger charge is 2.01. The van der Waals surface area contributed by atoms with Crippen LogP contribution in [0, 0.1) is 0 Å². The zero-order chi connectivity index (χ0) is 15.2. The molecule has 2 rings (SSSR count). The van der Waals surface area contributed by atoms with E-state index < -0.39 is 0 Å². The summed E-state index contributed by atoms with van der Waals surface area (Å²) in [5.74, 6) is 0. The lowest BCUT2D eigenvalue weighted by Crippen LogP contribution is -2.10. The predicted octanol–water partition coefficient (Wildman–Crippen LogP) is 2.96. The van der Waals surface area contributed by atoms with Crippen molar-refractivity contribution in [3.05, 3.63) is 59.7 Å². The highest BCUT2D eigenvalue weighted by molar-refractivity contribution is 6.34. The number of rotatable bonds is 6. The Morgan fingerprint density at radius 2 is 1.14 bits per heavy atom. The normalized spacial score (nSPS) is 10.5. The van der Waals surface area contributed by atoms with Gasteiger partial charge in [0.25, 0.3) is 0 Å². The fraction of sp³-hybridized carbons (Fsp3) is 0.333. The van der Waals surface area contributed by atoms with Crippen molar-refractivity contribution in [2.75, 3.05) is 38.0 Å². The van der Waals surface area contributed by atoms with Gasteiger partial charge in [0.2, 0.25) is 0 Å². The van der Waals surface area contributed by atoms with E-state index in [2.05, 4.69) is 86.5 Å². The minimum Gasteiger partial charge on any atom is -0.378 e. The van der Waals surface area contributed by atoms with Gasteiger partial charge in [-0.3, -0.25) is 0 Å². The van der Waals surface area contributed by atoms with Crippen LogP contribution in [-0.2, 0) is 12.1 Å². The van der Waals surface area contributed by atoms with E-state index in [9.17, 15) is 0 Å². The molecular formula is C18H25N2Si. The van der Waals surface area contributed by atoms with Crippen LogP contribution in [0.15, 0.2) is 48.5 Å². The molecule has 0 aromatic heterocycles. The van der Waals surface area contributed by atoms with Crippen LogP contribution in [0.5, 0.6) is 0 Å². The minimum atomic E-state index is 0.413. The molecule has 2 aromatic carbocycles. The van der Waals surface area contributed by atoms with Crippen LogP contribution in [0.4, 0.5) is 11.4 Å². The summed E-state index contributed by atoms with van der Waals surface area (Å²) in [6.07, 6.45) is 0. The monoisotopic (exact) mass is 297 g/mol. The predicted molar refractivity (Wildman–Crippen MR) is 96.1 cm³/mol. The summed E-state index contributed by atoms with van der Waals surface area (Å²) in [6, 6.07) is 20.2. The molecule has 21 heavy (non-hydrogen) atoms. The number of hydrogen-bond acceptors (Lipinski definition) is 2. The van der Waals surface area contributed by atoms with Gasteiger partial charge in [-0.25, -0.2) is 0 Å². The van der Waals surface area contributed by atoms with Crippen molar-refractivity contribution in [2.24, 2.45) is 0 Å². The summed E-state index contributed by atoms with van der Waals surface area (Å²) in [6.45, 7) is 0. The molecule has 111 valence electrons. The molecule has 0 amide bonds. The lowest BCUT2D eigenvalue weighted by atomic mass is 10.2. The molecule has 0 fully saturated rings. The fourth-order valence-corrected chi connectivity index (χ4v) is 3.65. The van der Waals surface area contributed by atoms with E-state index >= 15 is 0 Å². The van der Waals surface area contributed by atoms with Crippen molar-refractivity contribution in [3.63, 3.8) is 0 Å².